The van der Waals surface area contributed by atoms with Crippen LogP contribution in [0.5, 0.6) is 0 Å². The Bertz CT molecular complexity index is 454. The Morgan fingerprint density at radius 2 is 2.24 bits per heavy atom. The summed E-state index contributed by atoms with van der Waals surface area (Å²) in [6.07, 6.45) is 4.26. The van der Waals surface area contributed by atoms with Crippen LogP contribution >= 0.6 is 34.5 Å². The van der Waals surface area contributed by atoms with Crippen LogP contribution in [0.25, 0.3) is 0 Å². The van der Waals surface area contributed by atoms with Gasteiger partial charge in [0.15, 0.2) is 0 Å². The number of hydrogen-bond donors (Lipinski definition) is 1. The van der Waals surface area contributed by atoms with E-state index in [0.717, 1.165) is 15.6 Å². The lowest BCUT2D eigenvalue weighted by molar-refractivity contribution is 0.430. The number of rotatable bonds is 4. The fraction of sp³-hybridized carbons (Fsp3) is 0.364. The van der Waals surface area contributed by atoms with E-state index in [1.54, 1.807) is 17.1 Å². The molecule has 0 spiro atoms. The third kappa shape index (κ3) is 2.83. The first kappa shape index (κ1) is 12.9. The molecule has 2 aromatic heterocycles. The summed E-state index contributed by atoms with van der Waals surface area (Å²) in [5.74, 6) is 0. The van der Waals surface area contributed by atoms with Crippen LogP contribution in [-0.2, 0) is 0 Å². The number of hydrogen-bond acceptors (Lipinski definition) is 3. The Labute approximate surface area is 114 Å². The second-order valence-electron chi connectivity index (χ2n) is 3.80. The van der Waals surface area contributed by atoms with Crippen LogP contribution in [0.15, 0.2) is 24.5 Å². The van der Waals surface area contributed by atoms with Crippen molar-refractivity contribution in [3.8, 4) is 0 Å². The smallest absolute Gasteiger partial charge is 0.101 e. The summed E-state index contributed by atoms with van der Waals surface area (Å²) in [5, 5.41) is 4.85. The average Bonchev–Trinajstić information content (AvgIpc) is 2.89. The van der Waals surface area contributed by atoms with Crippen LogP contribution in [0.3, 0.4) is 0 Å². The molecule has 92 valence electrons. The molecule has 0 bridgehead atoms. The van der Waals surface area contributed by atoms with E-state index >= 15 is 0 Å². The van der Waals surface area contributed by atoms with Crippen molar-refractivity contribution in [2.45, 2.75) is 25.4 Å². The highest BCUT2D eigenvalue weighted by Crippen LogP contribution is 2.31. The van der Waals surface area contributed by atoms with Gasteiger partial charge in [0, 0.05) is 17.1 Å². The van der Waals surface area contributed by atoms with Gasteiger partial charge in [-0.15, -0.1) is 11.3 Å². The molecule has 2 atom stereocenters. The summed E-state index contributed by atoms with van der Waals surface area (Å²) in [7, 11) is 0. The quantitative estimate of drug-likeness (QED) is 0.935. The molecule has 2 heterocycles. The normalized spacial score (nSPS) is 14.8. The summed E-state index contributed by atoms with van der Waals surface area (Å²) >= 11 is 13.4. The highest BCUT2D eigenvalue weighted by atomic mass is 35.5. The van der Waals surface area contributed by atoms with Crippen LogP contribution in [0.4, 0.5) is 0 Å². The van der Waals surface area contributed by atoms with Gasteiger partial charge in [-0.25, -0.2) is 0 Å². The van der Waals surface area contributed by atoms with Crippen LogP contribution in [0.2, 0.25) is 9.36 Å². The molecule has 0 saturated carbocycles. The highest BCUT2D eigenvalue weighted by Gasteiger charge is 2.23. The first-order valence-electron chi connectivity index (χ1n) is 5.32. The fourth-order valence-electron chi connectivity index (χ4n) is 1.72. The van der Waals surface area contributed by atoms with Gasteiger partial charge in [-0.05, 0) is 18.6 Å². The molecule has 0 aromatic carbocycles. The molecular formula is C11H13Cl2N3S. The van der Waals surface area contributed by atoms with Crippen LogP contribution in [0.1, 0.15) is 24.3 Å². The SMILES string of the molecule is CCC(N)C(c1ccc(Cl)s1)n1cc(Cl)cn1. The first-order chi connectivity index (χ1) is 8.11. The Morgan fingerprint density at radius 3 is 2.71 bits per heavy atom. The van der Waals surface area contributed by atoms with E-state index in [-0.39, 0.29) is 12.1 Å². The van der Waals surface area contributed by atoms with E-state index in [1.165, 1.54) is 11.3 Å². The number of thiophene rings is 1. The van der Waals surface area contributed by atoms with Gasteiger partial charge in [-0.2, -0.15) is 5.10 Å². The third-order valence-corrected chi connectivity index (χ3v) is 4.11. The van der Waals surface area contributed by atoms with Crippen LogP contribution in [0, 0.1) is 0 Å². The Balaban J connectivity index is 2.38. The zero-order valence-corrected chi connectivity index (χ0v) is 11.6. The minimum absolute atomic E-state index is 0.00926. The second-order valence-corrected chi connectivity index (χ2v) is 5.98. The standard InChI is InChI=1S/C11H13Cl2N3S/c1-2-8(14)11(9-3-4-10(13)17-9)16-6-7(12)5-15-16/h3-6,8,11H,2,14H2,1H3. The second kappa shape index (κ2) is 5.40. The molecule has 2 N–H and O–H groups in total. The van der Waals surface area contributed by atoms with Gasteiger partial charge in [-0.1, -0.05) is 30.1 Å². The number of nitrogens with zero attached hydrogens (tertiary/aromatic N) is 2. The van der Waals surface area contributed by atoms with Crippen molar-refractivity contribution in [2.75, 3.05) is 0 Å². The highest BCUT2D eigenvalue weighted by molar-refractivity contribution is 7.16. The maximum atomic E-state index is 6.16. The van der Waals surface area contributed by atoms with Gasteiger partial charge < -0.3 is 5.73 Å². The van der Waals surface area contributed by atoms with Gasteiger partial charge in [0.05, 0.1) is 15.6 Å². The lowest BCUT2D eigenvalue weighted by Crippen LogP contribution is -2.32. The molecule has 0 fully saturated rings. The van der Waals surface area contributed by atoms with Crippen molar-refractivity contribution in [1.82, 2.24) is 9.78 Å². The molecule has 6 heteroatoms. The van der Waals surface area contributed by atoms with Crippen molar-refractivity contribution in [3.05, 3.63) is 38.8 Å². The lowest BCUT2D eigenvalue weighted by atomic mass is 10.1. The van der Waals surface area contributed by atoms with Crippen molar-refractivity contribution >= 4 is 34.5 Å². The van der Waals surface area contributed by atoms with E-state index in [0.29, 0.717) is 5.02 Å². The zero-order valence-electron chi connectivity index (χ0n) is 9.31. The van der Waals surface area contributed by atoms with Crippen LogP contribution in [-0.4, -0.2) is 15.8 Å². The molecule has 0 radical (unpaired) electrons. The van der Waals surface area contributed by atoms with Crippen molar-refractivity contribution < 1.29 is 0 Å². The molecule has 2 rings (SSSR count). The monoisotopic (exact) mass is 289 g/mol. The predicted octanol–water partition coefficient (Wildman–Crippen LogP) is 3.58. The van der Waals surface area contributed by atoms with Gasteiger partial charge in [0.2, 0.25) is 0 Å². The fourth-order valence-corrected chi connectivity index (χ4v) is 3.09. The first-order valence-corrected chi connectivity index (χ1v) is 6.89. The Kier molecular flexibility index (Phi) is 4.09. The maximum absolute atomic E-state index is 6.16. The van der Waals surface area contributed by atoms with E-state index in [4.69, 9.17) is 28.9 Å². The van der Waals surface area contributed by atoms with Crippen molar-refractivity contribution in [2.24, 2.45) is 5.73 Å². The van der Waals surface area contributed by atoms with Gasteiger partial charge in [-0.3, -0.25) is 4.68 Å². The van der Waals surface area contributed by atoms with E-state index < -0.39 is 0 Å². The number of nitrogens with two attached hydrogens (primary N) is 1. The minimum Gasteiger partial charge on any atom is -0.326 e. The predicted molar refractivity (Wildman–Crippen MR) is 73.0 cm³/mol. The van der Waals surface area contributed by atoms with Gasteiger partial charge in [0.1, 0.15) is 6.04 Å². The maximum Gasteiger partial charge on any atom is 0.101 e. The van der Waals surface area contributed by atoms with E-state index in [1.807, 2.05) is 12.1 Å². The Morgan fingerprint density at radius 1 is 1.47 bits per heavy atom. The topological polar surface area (TPSA) is 43.8 Å². The van der Waals surface area contributed by atoms with Gasteiger partial charge in [0.25, 0.3) is 0 Å². The molecule has 2 aromatic rings. The number of aromatic nitrogens is 2. The zero-order chi connectivity index (χ0) is 12.4. The van der Waals surface area contributed by atoms with Crippen molar-refractivity contribution in [1.29, 1.82) is 0 Å². The molecule has 0 aliphatic rings. The van der Waals surface area contributed by atoms with Crippen molar-refractivity contribution in [3.63, 3.8) is 0 Å². The minimum atomic E-state index is -0.0133. The molecule has 0 amide bonds. The lowest BCUT2D eigenvalue weighted by Gasteiger charge is -2.22. The third-order valence-electron chi connectivity index (χ3n) is 2.62. The molecule has 0 aliphatic heterocycles. The molecule has 0 aliphatic carbocycles. The summed E-state index contributed by atoms with van der Waals surface area (Å²) in [4.78, 5) is 1.10. The molecule has 2 unspecified atom stereocenters. The summed E-state index contributed by atoms with van der Waals surface area (Å²) in [5.41, 5.74) is 6.16. The molecule has 0 saturated heterocycles. The largest absolute Gasteiger partial charge is 0.326 e. The van der Waals surface area contributed by atoms with Gasteiger partial charge >= 0.3 is 0 Å². The van der Waals surface area contributed by atoms with E-state index in [9.17, 15) is 0 Å². The van der Waals surface area contributed by atoms with E-state index in [2.05, 4.69) is 12.0 Å². The number of halogens is 2. The molecular weight excluding hydrogens is 277 g/mol. The summed E-state index contributed by atoms with van der Waals surface area (Å²) in [6.45, 7) is 2.05. The molecule has 17 heavy (non-hydrogen) atoms. The summed E-state index contributed by atoms with van der Waals surface area (Å²) in [6, 6.07) is 3.84. The molecule has 3 nitrogen and oxygen atoms in total. The summed E-state index contributed by atoms with van der Waals surface area (Å²) < 4.78 is 2.56. The van der Waals surface area contributed by atoms with Crippen LogP contribution < -0.4 is 5.73 Å². The average molecular weight is 290 g/mol. The Hall–Kier alpha value is -0.550.